The fourth-order valence-corrected chi connectivity index (χ4v) is 0.402. The maximum absolute atomic E-state index is 10.6. The predicted molar refractivity (Wildman–Crippen MR) is 41.6 cm³/mol. The van der Waals surface area contributed by atoms with Gasteiger partial charge in [0.05, 0.1) is 12.2 Å². The number of rotatable bonds is 3. The number of ether oxygens (including phenoxy) is 1. The summed E-state index contributed by atoms with van der Waals surface area (Å²) in [5, 5.41) is 10.5. The van der Waals surface area contributed by atoms with E-state index in [0.717, 1.165) is 6.20 Å². The summed E-state index contributed by atoms with van der Waals surface area (Å²) in [6, 6.07) is 0. The third kappa shape index (κ3) is 4.32. The summed E-state index contributed by atoms with van der Waals surface area (Å²) in [5.41, 5.74) is 0.0445. The fraction of sp³-hybridized carbons (Fsp3) is 0.429. The van der Waals surface area contributed by atoms with Crippen LogP contribution in [0.5, 0.6) is 0 Å². The molecule has 0 heterocycles. The number of hydrogen-bond acceptors (Lipinski definition) is 3. The molecule has 0 saturated carbocycles. The summed E-state index contributed by atoms with van der Waals surface area (Å²) in [7, 11) is 0. The van der Waals surface area contributed by atoms with Crippen LogP contribution in [0.15, 0.2) is 11.8 Å². The molecule has 5 heteroatoms. The molecule has 12 heavy (non-hydrogen) atoms. The van der Waals surface area contributed by atoms with E-state index in [1.807, 2.05) is 0 Å². The SMILES string of the molecule is CCOC(=O)NC=C(C)C(=O)O. The highest BCUT2D eigenvalue weighted by atomic mass is 16.5. The standard InChI is InChI=1S/C7H11NO4/c1-3-12-7(11)8-4-5(2)6(9)10/h4H,3H2,1-2H3,(H,8,11)(H,9,10). The summed E-state index contributed by atoms with van der Waals surface area (Å²) in [6.45, 7) is 3.29. The van der Waals surface area contributed by atoms with Crippen molar-refractivity contribution in [3.63, 3.8) is 0 Å². The molecule has 0 fully saturated rings. The first kappa shape index (κ1) is 10.5. The fourth-order valence-electron chi connectivity index (χ4n) is 0.402. The molecule has 0 aromatic rings. The highest BCUT2D eigenvalue weighted by Gasteiger charge is 2.01. The highest BCUT2D eigenvalue weighted by molar-refractivity contribution is 5.86. The largest absolute Gasteiger partial charge is 0.478 e. The molecule has 0 aliphatic rings. The number of nitrogens with one attached hydrogen (secondary N) is 1. The second-order valence-electron chi connectivity index (χ2n) is 2.00. The lowest BCUT2D eigenvalue weighted by atomic mass is 10.3. The molecular weight excluding hydrogens is 162 g/mol. The highest BCUT2D eigenvalue weighted by Crippen LogP contribution is 1.88. The quantitative estimate of drug-likeness (QED) is 0.616. The molecule has 0 aromatic heterocycles. The predicted octanol–water partition coefficient (Wildman–Crippen LogP) is 0.721. The number of aliphatic carboxylic acids is 1. The monoisotopic (exact) mass is 173 g/mol. The van der Waals surface area contributed by atoms with Gasteiger partial charge >= 0.3 is 12.1 Å². The number of carboxylic acid groups (broad SMARTS) is 1. The van der Waals surface area contributed by atoms with Crippen molar-refractivity contribution in [2.45, 2.75) is 13.8 Å². The lowest BCUT2D eigenvalue weighted by Gasteiger charge is -1.99. The number of alkyl carbamates (subject to hydrolysis) is 1. The molecule has 68 valence electrons. The van der Waals surface area contributed by atoms with Gasteiger partial charge in [0.25, 0.3) is 0 Å². The third-order valence-electron chi connectivity index (χ3n) is 1.02. The van der Waals surface area contributed by atoms with E-state index < -0.39 is 12.1 Å². The lowest BCUT2D eigenvalue weighted by Crippen LogP contribution is -2.19. The molecule has 2 N–H and O–H groups in total. The van der Waals surface area contributed by atoms with Gasteiger partial charge < -0.3 is 9.84 Å². The summed E-state index contributed by atoms with van der Waals surface area (Å²) < 4.78 is 4.48. The first-order valence-electron chi connectivity index (χ1n) is 3.41. The Balaban J connectivity index is 3.87. The van der Waals surface area contributed by atoms with E-state index in [2.05, 4.69) is 10.1 Å². The second-order valence-corrected chi connectivity index (χ2v) is 2.00. The Hall–Kier alpha value is -1.52. The minimum atomic E-state index is -1.08. The van der Waals surface area contributed by atoms with Gasteiger partial charge in [-0.3, -0.25) is 5.32 Å². The second kappa shape index (κ2) is 5.17. The van der Waals surface area contributed by atoms with Gasteiger partial charge in [0.1, 0.15) is 0 Å². The number of amides is 1. The van der Waals surface area contributed by atoms with Crippen LogP contribution in [0.4, 0.5) is 4.79 Å². The van der Waals surface area contributed by atoms with Gasteiger partial charge in [-0.2, -0.15) is 0 Å². The molecule has 0 bridgehead atoms. The summed E-state index contributed by atoms with van der Waals surface area (Å²) in [6.07, 6.45) is 0.429. The molecule has 0 aliphatic carbocycles. The van der Waals surface area contributed by atoms with Gasteiger partial charge in [-0.05, 0) is 13.8 Å². The minimum absolute atomic E-state index is 0.0445. The zero-order valence-electron chi connectivity index (χ0n) is 6.96. The maximum atomic E-state index is 10.6. The Morgan fingerprint density at radius 1 is 1.58 bits per heavy atom. The van der Waals surface area contributed by atoms with Crippen LogP contribution in [0, 0.1) is 0 Å². The van der Waals surface area contributed by atoms with E-state index in [1.54, 1.807) is 6.92 Å². The topological polar surface area (TPSA) is 75.6 Å². The van der Waals surface area contributed by atoms with Crippen molar-refractivity contribution >= 4 is 12.1 Å². The zero-order valence-corrected chi connectivity index (χ0v) is 6.96. The van der Waals surface area contributed by atoms with E-state index >= 15 is 0 Å². The van der Waals surface area contributed by atoms with Crippen molar-refractivity contribution in [1.29, 1.82) is 0 Å². The van der Waals surface area contributed by atoms with Crippen LogP contribution < -0.4 is 5.32 Å². The first-order chi connectivity index (χ1) is 5.57. The van der Waals surface area contributed by atoms with E-state index in [-0.39, 0.29) is 12.2 Å². The van der Waals surface area contributed by atoms with Crippen LogP contribution in [0.25, 0.3) is 0 Å². The average Bonchev–Trinajstić information content (AvgIpc) is 2.00. The molecular formula is C7H11NO4. The Morgan fingerprint density at radius 3 is 2.58 bits per heavy atom. The van der Waals surface area contributed by atoms with E-state index in [1.165, 1.54) is 6.92 Å². The van der Waals surface area contributed by atoms with Crippen LogP contribution in [0.1, 0.15) is 13.8 Å². The Bertz CT molecular complexity index is 209. The first-order valence-corrected chi connectivity index (χ1v) is 3.41. The Morgan fingerprint density at radius 2 is 2.17 bits per heavy atom. The zero-order chi connectivity index (χ0) is 9.56. The van der Waals surface area contributed by atoms with Crippen LogP contribution in [-0.4, -0.2) is 23.8 Å². The summed E-state index contributed by atoms with van der Waals surface area (Å²) in [4.78, 5) is 20.8. The number of carbonyl (C=O) groups excluding carboxylic acids is 1. The maximum Gasteiger partial charge on any atom is 0.411 e. The molecule has 0 aromatic carbocycles. The van der Waals surface area contributed by atoms with Gasteiger partial charge in [-0.15, -0.1) is 0 Å². The molecule has 0 saturated heterocycles. The van der Waals surface area contributed by atoms with Crippen molar-refractivity contribution in [2.75, 3.05) is 6.61 Å². The van der Waals surface area contributed by atoms with Crippen molar-refractivity contribution in [3.8, 4) is 0 Å². The molecule has 1 amide bonds. The Labute approximate surface area is 70.0 Å². The van der Waals surface area contributed by atoms with Gasteiger partial charge in [0.2, 0.25) is 0 Å². The molecule has 0 aliphatic heterocycles. The molecule has 5 nitrogen and oxygen atoms in total. The number of carboxylic acids is 1. The molecule has 0 rings (SSSR count). The van der Waals surface area contributed by atoms with Gasteiger partial charge in [0, 0.05) is 6.20 Å². The molecule has 0 spiro atoms. The van der Waals surface area contributed by atoms with Gasteiger partial charge in [0.15, 0.2) is 0 Å². The van der Waals surface area contributed by atoms with Crippen molar-refractivity contribution in [2.24, 2.45) is 0 Å². The van der Waals surface area contributed by atoms with Crippen molar-refractivity contribution < 1.29 is 19.4 Å². The normalized spacial score (nSPS) is 10.7. The van der Waals surface area contributed by atoms with E-state index in [4.69, 9.17) is 5.11 Å². The summed E-state index contributed by atoms with van der Waals surface area (Å²) >= 11 is 0. The van der Waals surface area contributed by atoms with Crippen LogP contribution in [0.2, 0.25) is 0 Å². The molecule has 0 atom stereocenters. The van der Waals surface area contributed by atoms with Crippen LogP contribution in [0.3, 0.4) is 0 Å². The van der Waals surface area contributed by atoms with E-state index in [0.29, 0.717) is 0 Å². The van der Waals surface area contributed by atoms with Gasteiger partial charge in [-0.25, -0.2) is 9.59 Å². The van der Waals surface area contributed by atoms with Gasteiger partial charge in [-0.1, -0.05) is 0 Å². The van der Waals surface area contributed by atoms with Crippen molar-refractivity contribution in [1.82, 2.24) is 5.32 Å². The Kier molecular flexibility index (Phi) is 4.52. The van der Waals surface area contributed by atoms with Crippen LogP contribution >= 0.6 is 0 Å². The molecule has 0 radical (unpaired) electrons. The number of carbonyl (C=O) groups is 2. The smallest absolute Gasteiger partial charge is 0.411 e. The third-order valence-corrected chi connectivity index (χ3v) is 1.02. The van der Waals surface area contributed by atoms with Crippen molar-refractivity contribution in [3.05, 3.63) is 11.8 Å². The number of hydrogen-bond donors (Lipinski definition) is 2. The van der Waals surface area contributed by atoms with E-state index in [9.17, 15) is 9.59 Å². The lowest BCUT2D eigenvalue weighted by molar-refractivity contribution is -0.132. The summed E-state index contributed by atoms with van der Waals surface area (Å²) in [5.74, 6) is -1.08. The molecule has 0 unspecified atom stereocenters. The minimum Gasteiger partial charge on any atom is -0.478 e. The average molecular weight is 173 g/mol. The van der Waals surface area contributed by atoms with Crippen LogP contribution in [-0.2, 0) is 9.53 Å².